The number of hydrogen-bond donors (Lipinski definition) is 1. The zero-order valence-electron chi connectivity index (χ0n) is 12.5. The first-order valence-corrected chi connectivity index (χ1v) is 7.64. The third-order valence-corrected chi connectivity index (χ3v) is 4.64. The summed E-state index contributed by atoms with van der Waals surface area (Å²) in [7, 11) is 0. The van der Waals surface area contributed by atoms with Gasteiger partial charge in [-0.3, -0.25) is 4.90 Å². The zero-order valence-corrected chi connectivity index (χ0v) is 12.5. The standard InChI is InChI=1S/C15H30N2O/c1-5-12(2)14-11-17(9-8-16-14)10-13-6-7-15(3,4)18-13/h12-14,16H,5-11H2,1-4H3. The Balaban J connectivity index is 1.79. The first-order chi connectivity index (χ1) is 8.50. The fraction of sp³-hybridized carbons (Fsp3) is 1.00. The van der Waals surface area contributed by atoms with Gasteiger partial charge in [0.05, 0.1) is 11.7 Å². The van der Waals surface area contributed by atoms with E-state index in [4.69, 9.17) is 4.74 Å². The van der Waals surface area contributed by atoms with Gasteiger partial charge in [-0.25, -0.2) is 0 Å². The second-order valence-corrected chi connectivity index (χ2v) is 6.74. The molecule has 0 aromatic heterocycles. The van der Waals surface area contributed by atoms with Crippen LogP contribution in [0.15, 0.2) is 0 Å². The van der Waals surface area contributed by atoms with Crippen molar-refractivity contribution in [2.45, 2.75) is 64.7 Å². The molecule has 0 spiro atoms. The van der Waals surface area contributed by atoms with E-state index >= 15 is 0 Å². The number of ether oxygens (including phenoxy) is 1. The summed E-state index contributed by atoms with van der Waals surface area (Å²) in [4.78, 5) is 2.60. The summed E-state index contributed by atoms with van der Waals surface area (Å²) in [6, 6.07) is 0.665. The van der Waals surface area contributed by atoms with E-state index in [0.717, 1.165) is 19.0 Å². The van der Waals surface area contributed by atoms with Crippen LogP contribution in [0.25, 0.3) is 0 Å². The molecule has 2 aliphatic rings. The van der Waals surface area contributed by atoms with Crippen LogP contribution in [0.5, 0.6) is 0 Å². The van der Waals surface area contributed by atoms with Gasteiger partial charge >= 0.3 is 0 Å². The van der Waals surface area contributed by atoms with E-state index in [0.29, 0.717) is 12.1 Å². The quantitative estimate of drug-likeness (QED) is 0.833. The minimum Gasteiger partial charge on any atom is -0.371 e. The molecular formula is C15H30N2O. The molecule has 0 amide bonds. The van der Waals surface area contributed by atoms with Gasteiger partial charge in [-0.05, 0) is 32.6 Å². The molecule has 3 heteroatoms. The van der Waals surface area contributed by atoms with Crippen molar-refractivity contribution in [1.29, 1.82) is 0 Å². The first-order valence-electron chi connectivity index (χ1n) is 7.64. The molecule has 2 rings (SSSR count). The van der Waals surface area contributed by atoms with Gasteiger partial charge in [0.1, 0.15) is 0 Å². The van der Waals surface area contributed by atoms with E-state index in [2.05, 4.69) is 37.9 Å². The van der Waals surface area contributed by atoms with E-state index in [1.165, 1.54) is 32.4 Å². The van der Waals surface area contributed by atoms with Crippen molar-refractivity contribution in [3.05, 3.63) is 0 Å². The van der Waals surface area contributed by atoms with Gasteiger partial charge in [0.25, 0.3) is 0 Å². The number of piperazine rings is 1. The maximum atomic E-state index is 6.11. The van der Waals surface area contributed by atoms with Crippen molar-refractivity contribution in [1.82, 2.24) is 10.2 Å². The Morgan fingerprint density at radius 2 is 2.22 bits per heavy atom. The highest BCUT2D eigenvalue weighted by molar-refractivity contribution is 4.87. The molecule has 2 saturated heterocycles. The second-order valence-electron chi connectivity index (χ2n) is 6.74. The van der Waals surface area contributed by atoms with Gasteiger partial charge in [-0.15, -0.1) is 0 Å². The summed E-state index contributed by atoms with van der Waals surface area (Å²) < 4.78 is 6.11. The van der Waals surface area contributed by atoms with Crippen molar-refractivity contribution >= 4 is 0 Å². The van der Waals surface area contributed by atoms with Crippen LogP contribution in [0.4, 0.5) is 0 Å². The Kier molecular flexibility index (Phi) is 4.68. The van der Waals surface area contributed by atoms with Crippen LogP contribution in [-0.4, -0.2) is 48.8 Å². The molecule has 0 aromatic rings. The van der Waals surface area contributed by atoms with Gasteiger partial charge in [0.15, 0.2) is 0 Å². The van der Waals surface area contributed by atoms with Crippen molar-refractivity contribution in [3.63, 3.8) is 0 Å². The fourth-order valence-corrected chi connectivity index (χ4v) is 3.17. The normalized spacial score (nSPS) is 34.7. The van der Waals surface area contributed by atoms with Gasteiger partial charge in [-0.1, -0.05) is 20.3 Å². The summed E-state index contributed by atoms with van der Waals surface area (Å²) >= 11 is 0. The monoisotopic (exact) mass is 254 g/mol. The highest BCUT2D eigenvalue weighted by Crippen LogP contribution is 2.30. The summed E-state index contributed by atoms with van der Waals surface area (Å²) in [5.74, 6) is 0.772. The highest BCUT2D eigenvalue weighted by atomic mass is 16.5. The molecule has 2 heterocycles. The van der Waals surface area contributed by atoms with E-state index in [-0.39, 0.29) is 5.60 Å². The van der Waals surface area contributed by atoms with Gasteiger partial charge in [0.2, 0.25) is 0 Å². The van der Waals surface area contributed by atoms with Crippen LogP contribution < -0.4 is 5.32 Å². The molecule has 0 aromatic carbocycles. The number of nitrogens with one attached hydrogen (secondary N) is 1. The highest BCUT2D eigenvalue weighted by Gasteiger charge is 2.33. The van der Waals surface area contributed by atoms with Crippen molar-refractivity contribution in [2.75, 3.05) is 26.2 Å². The number of hydrogen-bond acceptors (Lipinski definition) is 3. The second kappa shape index (κ2) is 5.89. The summed E-state index contributed by atoms with van der Waals surface area (Å²) in [6.07, 6.45) is 4.15. The molecule has 0 aliphatic carbocycles. The average Bonchev–Trinajstić information content (AvgIpc) is 2.68. The Bertz CT molecular complexity index is 267. The number of nitrogens with zero attached hydrogens (tertiary/aromatic N) is 1. The molecule has 0 saturated carbocycles. The lowest BCUT2D eigenvalue weighted by atomic mass is 9.97. The summed E-state index contributed by atoms with van der Waals surface area (Å²) in [5.41, 5.74) is 0.106. The Labute approximate surface area is 112 Å². The Hall–Kier alpha value is -0.120. The van der Waals surface area contributed by atoms with Crippen LogP contribution in [0.1, 0.15) is 47.0 Å². The molecule has 0 radical (unpaired) electrons. The van der Waals surface area contributed by atoms with Crippen molar-refractivity contribution in [3.8, 4) is 0 Å². The number of rotatable bonds is 4. The van der Waals surface area contributed by atoms with Crippen LogP contribution >= 0.6 is 0 Å². The van der Waals surface area contributed by atoms with Crippen LogP contribution in [0.2, 0.25) is 0 Å². The van der Waals surface area contributed by atoms with Crippen LogP contribution in [-0.2, 0) is 4.74 Å². The zero-order chi connectivity index (χ0) is 13.2. The third-order valence-electron chi connectivity index (χ3n) is 4.64. The molecule has 3 atom stereocenters. The molecule has 3 nitrogen and oxygen atoms in total. The first kappa shape index (κ1) is 14.3. The van der Waals surface area contributed by atoms with Crippen LogP contribution in [0.3, 0.4) is 0 Å². The SMILES string of the molecule is CCC(C)C1CN(CC2CCC(C)(C)O2)CCN1. The smallest absolute Gasteiger partial charge is 0.0710 e. The predicted octanol–water partition coefficient (Wildman–Crippen LogP) is 2.26. The topological polar surface area (TPSA) is 24.5 Å². The predicted molar refractivity (Wildman–Crippen MR) is 75.9 cm³/mol. The molecule has 106 valence electrons. The maximum Gasteiger partial charge on any atom is 0.0710 e. The van der Waals surface area contributed by atoms with E-state index in [1.54, 1.807) is 0 Å². The molecule has 1 N–H and O–H groups in total. The van der Waals surface area contributed by atoms with Crippen LogP contribution in [0, 0.1) is 5.92 Å². The molecule has 2 fully saturated rings. The largest absolute Gasteiger partial charge is 0.371 e. The van der Waals surface area contributed by atoms with Gasteiger partial charge in [0, 0.05) is 32.2 Å². The molecule has 18 heavy (non-hydrogen) atoms. The van der Waals surface area contributed by atoms with Crippen molar-refractivity contribution < 1.29 is 4.74 Å². The fourth-order valence-electron chi connectivity index (χ4n) is 3.17. The van der Waals surface area contributed by atoms with Crippen molar-refractivity contribution in [2.24, 2.45) is 5.92 Å². The maximum absolute atomic E-state index is 6.11. The molecule has 2 aliphatic heterocycles. The lowest BCUT2D eigenvalue weighted by Gasteiger charge is -2.37. The minimum absolute atomic E-state index is 0.106. The van der Waals surface area contributed by atoms with E-state index in [9.17, 15) is 0 Å². The Morgan fingerprint density at radius 1 is 1.44 bits per heavy atom. The van der Waals surface area contributed by atoms with E-state index < -0.39 is 0 Å². The average molecular weight is 254 g/mol. The van der Waals surface area contributed by atoms with E-state index in [1.807, 2.05) is 0 Å². The minimum atomic E-state index is 0.106. The third kappa shape index (κ3) is 3.69. The van der Waals surface area contributed by atoms with Gasteiger partial charge < -0.3 is 10.1 Å². The summed E-state index contributed by atoms with van der Waals surface area (Å²) in [5, 5.41) is 3.66. The van der Waals surface area contributed by atoms with Gasteiger partial charge in [-0.2, -0.15) is 0 Å². The Morgan fingerprint density at radius 3 is 2.83 bits per heavy atom. The lowest BCUT2D eigenvalue weighted by Crippen LogP contribution is -2.54. The molecular weight excluding hydrogens is 224 g/mol. The summed E-state index contributed by atoms with van der Waals surface area (Å²) in [6.45, 7) is 13.7. The lowest BCUT2D eigenvalue weighted by molar-refractivity contribution is -0.0322. The molecule has 3 unspecified atom stereocenters. The molecule has 0 bridgehead atoms.